The molecule has 0 fully saturated rings. The normalized spacial score (nSPS) is 13.0. The number of alkyl carbamates (subject to hydrolysis) is 1. The predicted molar refractivity (Wildman–Crippen MR) is 87.7 cm³/mol. The van der Waals surface area contributed by atoms with E-state index in [1.54, 1.807) is 31.6 Å². The Morgan fingerprint density at radius 2 is 1.86 bits per heavy atom. The van der Waals surface area contributed by atoms with E-state index in [1.807, 2.05) is 0 Å². The third-order valence-corrected chi connectivity index (χ3v) is 5.11. The van der Waals surface area contributed by atoms with Gasteiger partial charge in [-0.1, -0.05) is 42.4 Å². The Labute approximate surface area is 133 Å². The van der Waals surface area contributed by atoms with Gasteiger partial charge in [-0.3, -0.25) is 4.79 Å². The number of Topliss-reactive ketones (excluding diaryl/α,β-unsaturated/α-hetero) is 1. The molecule has 0 aromatic rings. The van der Waals surface area contributed by atoms with E-state index in [0.717, 1.165) is 6.21 Å². The molecule has 1 N–H and O–H groups in total. The van der Waals surface area contributed by atoms with Gasteiger partial charge in [-0.2, -0.15) is 4.79 Å². The van der Waals surface area contributed by atoms with Gasteiger partial charge in [0.1, 0.15) is 11.6 Å². The van der Waals surface area contributed by atoms with Crippen LogP contribution >= 0.6 is 21.6 Å². The maximum absolute atomic E-state index is 11.8. The van der Waals surface area contributed by atoms with Gasteiger partial charge in [0, 0.05) is 10.5 Å². The molecule has 21 heavy (non-hydrogen) atoms. The van der Waals surface area contributed by atoms with Crippen LogP contribution in [0.3, 0.4) is 0 Å². The van der Waals surface area contributed by atoms with Crippen LogP contribution in [0.15, 0.2) is 0 Å². The summed E-state index contributed by atoms with van der Waals surface area (Å²) in [4.78, 5) is 26.2. The minimum absolute atomic E-state index is 0.0370. The molecule has 0 saturated heterocycles. The molecule has 1 atom stereocenters. The largest absolute Gasteiger partial charge is 0.444 e. The number of hydrogen-bond acceptors (Lipinski definition) is 5. The van der Waals surface area contributed by atoms with Gasteiger partial charge in [0.2, 0.25) is 0 Å². The molecular weight excluding hydrogens is 310 g/mol. The fourth-order valence-corrected chi connectivity index (χ4v) is 3.55. The molecule has 0 radical (unpaired) electrons. The maximum atomic E-state index is 11.8. The fourth-order valence-electron chi connectivity index (χ4n) is 1.07. The van der Waals surface area contributed by atoms with Crippen molar-refractivity contribution in [1.29, 1.82) is 0 Å². The zero-order valence-electron chi connectivity index (χ0n) is 13.3. The summed E-state index contributed by atoms with van der Waals surface area (Å²) < 4.78 is 5.16. The highest BCUT2D eigenvalue weighted by atomic mass is 33.1. The van der Waals surface area contributed by atoms with Crippen molar-refractivity contribution >= 4 is 39.7 Å². The Bertz CT molecular complexity index is 421. The molecule has 0 spiro atoms. The lowest BCUT2D eigenvalue weighted by atomic mass is 10.2. The quantitative estimate of drug-likeness (QED) is 0.349. The number of amides is 1. The molecule has 0 aliphatic heterocycles. The lowest BCUT2D eigenvalue weighted by molar-refractivity contribution is -0.117. The molecule has 0 rings (SSSR count). The zero-order chi connectivity index (χ0) is 16.7. The lowest BCUT2D eigenvalue weighted by Crippen LogP contribution is -2.45. The second kappa shape index (κ2) is 8.46. The highest BCUT2D eigenvalue weighted by molar-refractivity contribution is 8.77. The lowest BCUT2D eigenvalue weighted by Gasteiger charge is -2.22. The molecule has 6 nitrogen and oxygen atoms in total. The summed E-state index contributed by atoms with van der Waals surface area (Å²) in [5.41, 5.74) is 7.81. The molecular formula is C13H23N3O3S2. The van der Waals surface area contributed by atoms with Crippen LogP contribution in [0, 0.1) is 0 Å². The summed E-state index contributed by atoms with van der Waals surface area (Å²) in [5, 5.41) is 2.50. The van der Waals surface area contributed by atoms with E-state index in [2.05, 4.69) is 30.9 Å². The van der Waals surface area contributed by atoms with Crippen LogP contribution in [-0.4, -0.2) is 45.0 Å². The number of ether oxygens (including phenoxy) is 1. The smallest absolute Gasteiger partial charge is 0.408 e. The van der Waals surface area contributed by atoms with Gasteiger partial charge in [0.05, 0.1) is 0 Å². The van der Waals surface area contributed by atoms with Gasteiger partial charge in [-0.25, -0.2) is 4.79 Å². The van der Waals surface area contributed by atoms with E-state index in [0.29, 0.717) is 5.75 Å². The first-order valence-corrected chi connectivity index (χ1v) is 8.78. The Morgan fingerprint density at radius 1 is 1.29 bits per heavy atom. The first-order chi connectivity index (χ1) is 9.44. The van der Waals surface area contributed by atoms with Gasteiger partial charge in [-0.05, 0) is 20.8 Å². The Morgan fingerprint density at radius 3 is 2.29 bits per heavy atom. The molecule has 0 aliphatic rings. The molecule has 0 bridgehead atoms. The monoisotopic (exact) mass is 333 g/mol. The Balaban J connectivity index is 4.64. The molecule has 0 aliphatic carbocycles. The van der Waals surface area contributed by atoms with Crippen molar-refractivity contribution in [3.8, 4) is 0 Å². The highest BCUT2D eigenvalue weighted by Crippen LogP contribution is 2.35. The van der Waals surface area contributed by atoms with Crippen molar-refractivity contribution in [2.24, 2.45) is 0 Å². The summed E-state index contributed by atoms with van der Waals surface area (Å²) in [7, 11) is 3.07. The van der Waals surface area contributed by atoms with Crippen LogP contribution in [0.25, 0.3) is 5.53 Å². The average Bonchev–Trinajstić information content (AvgIpc) is 2.23. The van der Waals surface area contributed by atoms with Crippen LogP contribution in [0.4, 0.5) is 4.79 Å². The van der Waals surface area contributed by atoms with Gasteiger partial charge in [0.25, 0.3) is 5.78 Å². The van der Waals surface area contributed by atoms with Crippen LogP contribution in [-0.2, 0) is 9.53 Å². The fraction of sp³-hybridized carbons (Fsp3) is 0.769. The van der Waals surface area contributed by atoms with Gasteiger partial charge in [-0.15, -0.1) is 0 Å². The number of rotatable bonds is 6. The van der Waals surface area contributed by atoms with Crippen molar-refractivity contribution in [3.05, 3.63) is 5.53 Å². The third kappa shape index (κ3) is 11.4. The standard InChI is InChI=1S/C13H23N3O3S2/c1-12(2,3)19-11(18)16-9(10(17)7-15-14)8-20-21-13(4,5)6/h7,9H,8H2,1-6H3,(H,16,18)/t9-/m0/s1. The maximum Gasteiger partial charge on any atom is 0.408 e. The summed E-state index contributed by atoms with van der Waals surface area (Å²) in [6.07, 6.45) is 0.109. The second-order valence-electron chi connectivity index (χ2n) is 6.33. The molecule has 120 valence electrons. The highest BCUT2D eigenvalue weighted by Gasteiger charge is 2.26. The van der Waals surface area contributed by atoms with Crippen molar-refractivity contribution in [2.45, 2.75) is 57.9 Å². The number of nitrogens with one attached hydrogen (secondary N) is 1. The van der Waals surface area contributed by atoms with E-state index >= 15 is 0 Å². The Kier molecular flexibility index (Phi) is 8.06. The minimum atomic E-state index is -0.796. The first-order valence-electron chi connectivity index (χ1n) is 6.46. The second-order valence-corrected chi connectivity index (χ2v) is 9.49. The summed E-state index contributed by atoms with van der Waals surface area (Å²) in [5.74, 6) is -0.128. The molecule has 0 aromatic heterocycles. The molecule has 0 unspecified atom stereocenters. The Hall–Kier alpha value is -0.980. The van der Waals surface area contributed by atoms with Crippen molar-refractivity contribution < 1.29 is 19.1 Å². The van der Waals surface area contributed by atoms with E-state index < -0.39 is 23.5 Å². The predicted octanol–water partition coefficient (Wildman–Crippen LogP) is 2.93. The van der Waals surface area contributed by atoms with E-state index in [9.17, 15) is 9.59 Å². The van der Waals surface area contributed by atoms with Crippen LogP contribution in [0.1, 0.15) is 41.5 Å². The van der Waals surface area contributed by atoms with Crippen molar-refractivity contribution in [2.75, 3.05) is 5.75 Å². The number of hydrogen-bond donors (Lipinski definition) is 1. The van der Waals surface area contributed by atoms with Crippen LogP contribution < -0.4 is 5.32 Å². The van der Waals surface area contributed by atoms with E-state index in [1.165, 1.54) is 10.8 Å². The summed E-state index contributed by atoms with van der Waals surface area (Å²) in [6.45, 7) is 11.4. The SMILES string of the molecule is CC(C)(C)OC(=O)N[C@@H](CSSC(C)(C)C)C(=O)C=[N+]=[N-]. The van der Waals surface area contributed by atoms with Crippen LogP contribution in [0.2, 0.25) is 0 Å². The molecule has 0 saturated carbocycles. The topological polar surface area (TPSA) is 91.8 Å². The third-order valence-electron chi connectivity index (χ3n) is 1.76. The molecule has 0 aromatic carbocycles. The van der Waals surface area contributed by atoms with Gasteiger partial charge in [0.15, 0.2) is 0 Å². The van der Waals surface area contributed by atoms with Gasteiger partial charge < -0.3 is 15.6 Å². The zero-order valence-corrected chi connectivity index (χ0v) is 14.9. The average molecular weight is 333 g/mol. The first kappa shape index (κ1) is 20.0. The number of carbonyl (C=O) groups excluding carboxylic acids is 2. The molecule has 1 amide bonds. The summed E-state index contributed by atoms with van der Waals surface area (Å²) in [6, 6.07) is -0.796. The number of carbonyl (C=O) groups is 2. The summed E-state index contributed by atoms with van der Waals surface area (Å²) >= 11 is 0. The number of nitrogens with zero attached hydrogens (tertiary/aromatic N) is 2. The molecule has 8 heteroatoms. The number of ketones is 1. The van der Waals surface area contributed by atoms with E-state index in [-0.39, 0.29) is 4.75 Å². The van der Waals surface area contributed by atoms with Crippen LogP contribution in [0.5, 0.6) is 0 Å². The van der Waals surface area contributed by atoms with Crippen molar-refractivity contribution in [1.82, 2.24) is 5.32 Å². The minimum Gasteiger partial charge on any atom is -0.444 e. The van der Waals surface area contributed by atoms with E-state index in [4.69, 9.17) is 10.3 Å². The molecule has 0 heterocycles. The van der Waals surface area contributed by atoms with Gasteiger partial charge >= 0.3 is 12.3 Å². The van der Waals surface area contributed by atoms with Crippen molar-refractivity contribution in [3.63, 3.8) is 0 Å².